The topological polar surface area (TPSA) is 63.8 Å². The molecule has 0 radical (unpaired) electrons. The molecule has 1 heterocycles. The second kappa shape index (κ2) is 8.44. The quantitative estimate of drug-likeness (QED) is 0.372. The molecule has 0 aliphatic carbocycles. The Kier molecular flexibility index (Phi) is 5.38. The lowest BCUT2D eigenvalue weighted by Gasteiger charge is -2.11. The molecule has 0 aliphatic heterocycles. The number of para-hydroxylation sites is 1. The number of nitrogens with zero attached hydrogens (tertiary/aromatic N) is 1. The predicted octanol–water partition coefficient (Wildman–Crippen LogP) is 5.08. The Morgan fingerprint density at radius 3 is 2.66 bits per heavy atom. The molecule has 5 nitrogen and oxygen atoms in total. The third-order valence-electron chi connectivity index (χ3n) is 4.52. The minimum atomic E-state index is -0.400. The molecule has 1 amide bonds. The number of hydrogen-bond acceptors (Lipinski definition) is 4. The van der Waals surface area contributed by atoms with Crippen LogP contribution in [-0.4, -0.2) is 12.1 Å². The predicted molar refractivity (Wildman–Crippen MR) is 113 cm³/mol. The van der Waals surface area contributed by atoms with Crippen LogP contribution < -0.4 is 10.2 Å². The highest BCUT2D eigenvalue weighted by molar-refractivity contribution is 5.92. The van der Waals surface area contributed by atoms with E-state index in [4.69, 9.17) is 9.15 Å². The summed E-state index contributed by atoms with van der Waals surface area (Å²) >= 11 is 0. The summed E-state index contributed by atoms with van der Waals surface area (Å²) in [7, 11) is 0. The van der Waals surface area contributed by atoms with Crippen molar-refractivity contribution in [3.05, 3.63) is 102 Å². The van der Waals surface area contributed by atoms with Gasteiger partial charge in [0.1, 0.15) is 18.1 Å². The summed E-state index contributed by atoms with van der Waals surface area (Å²) in [5.74, 6) is 1.18. The summed E-state index contributed by atoms with van der Waals surface area (Å²) in [5.41, 5.74) is 4.34. The maximum atomic E-state index is 12.0. The van der Waals surface area contributed by atoms with Crippen LogP contribution in [0.1, 0.15) is 27.4 Å². The van der Waals surface area contributed by atoms with E-state index in [2.05, 4.69) is 34.8 Å². The molecule has 1 aromatic heterocycles. The monoisotopic (exact) mass is 384 g/mol. The molecule has 0 unspecified atom stereocenters. The molecule has 0 saturated carbocycles. The zero-order chi connectivity index (χ0) is 20.1. The zero-order valence-electron chi connectivity index (χ0n) is 16.0. The molecule has 0 fully saturated rings. The van der Waals surface area contributed by atoms with Crippen LogP contribution in [0, 0.1) is 6.92 Å². The van der Waals surface area contributed by atoms with Gasteiger partial charge in [0.15, 0.2) is 5.76 Å². The van der Waals surface area contributed by atoms with Crippen LogP contribution in [-0.2, 0) is 6.61 Å². The number of nitrogens with one attached hydrogen (secondary N) is 1. The van der Waals surface area contributed by atoms with E-state index >= 15 is 0 Å². The summed E-state index contributed by atoms with van der Waals surface area (Å²) in [5, 5.41) is 6.38. The van der Waals surface area contributed by atoms with E-state index in [9.17, 15) is 4.79 Å². The van der Waals surface area contributed by atoms with Gasteiger partial charge in [-0.1, -0.05) is 54.6 Å². The van der Waals surface area contributed by atoms with Crippen molar-refractivity contribution >= 4 is 22.9 Å². The lowest BCUT2D eigenvalue weighted by Crippen LogP contribution is -2.16. The Hall–Kier alpha value is -3.86. The van der Waals surface area contributed by atoms with E-state index < -0.39 is 5.91 Å². The molecule has 0 bridgehead atoms. The molecule has 4 aromatic rings. The summed E-state index contributed by atoms with van der Waals surface area (Å²) in [6.45, 7) is 2.22. The van der Waals surface area contributed by atoms with Crippen LogP contribution in [0.2, 0.25) is 0 Å². The van der Waals surface area contributed by atoms with Gasteiger partial charge in [-0.3, -0.25) is 4.79 Å². The number of amides is 1. The Bertz CT molecular complexity index is 1170. The number of rotatable bonds is 6. The zero-order valence-corrected chi connectivity index (χ0v) is 16.0. The van der Waals surface area contributed by atoms with Crippen LogP contribution in [0.4, 0.5) is 0 Å². The van der Waals surface area contributed by atoms with Crippen molar-refractivity contribution in [3.63, 3.8) is 0 Å². The van der Waals surface area contributed by atoms with Crippen molar-refractivity contribution in [3.8, 4) is 5.75 Å². The highest BCUT2D eigenvalue weighted by Gasteiger charge is 2.09. The number of ether oxygens (including phenoxy) is 1. The van der Waals surface area contributed by atoms with Gasteiger partial charge < -0.3 is 9.15 Å². The second-order valence-corrected chi connectivity index (χ2v) is 6.57. The summed E-state index contributed by atoms with van der Waals surface area (Å²) in [6.07, 6.45) is 1.56. The highest BCUT2D eigenvalue weighted by atomic mass is 16.5. The Labute approximate surface area is 168 Å². The molecule has 5 heteroatoms. The van der Waals surface area contributed by atoms with Gasteiger partial charge in [0.05, 0.1) is 6.21 Å². The van der Waals surface area contributed by atoms with Crippen molar-refractivity contribution in [2.45, 2.75) is 13.5 Å². The lowest BCUT2D eigenvalue weighted by molar-refractivity contribution is 0.0926. The fraction of sp³-hybridized carbons (Fsp3) is 0.0833. The van der Waals surface area contributed by atoms with Crippen LogP contribution in [0.15, 0.2) is 88.4 Å². The number of benzene rings is 3. The minimum absolute atomic E-state index is 0.222. The number of hydrazone groups is 1. The summed E-state index contributed by atoms with van der Waals surface area (Å²) in [4.78, 5) is 12.0. The molecule has 0 spiro atoms. The van der Waals surface area contributed by atoms with E-state index in [-0.39, 0.29) is 5.76 Å². The average Bonchev–Trinajstić information content (AvgIpc) is 3.19. The van der Waals surface area contributed by atoms with Gasteiger partial charge in [-0.2, -0.15) is 5.10 Å². The smallest absolute Gasteiger partial charge is 0.307 e. The summed E-state index contributed by atoms with van der Waals surface area (Å²) in [6, 6.07) is 25.3. The third kappa shape index (κ3) is 4.35. The number of carbonyl (C=O) groups is 1. The highest BCUT2D eigenvalue weighted by Crippen LogP contribution is 2.22. The standard InChI is InChI=1S/C24H20N2O3/c1-17-13-14-23(29-17)24(27)26-25-15-19-8-3-5-12-22(19)28-16-20-10-6-9-18-7-2-4-11-21(18)20/h2-15H,16H2,1H3,(H,26,27). The second-order valence-electron chi connectivity index (χ2n) is 6.57. The first-order chi connectivity index (χ1) is 14.2. The van der Waals surface area contributed by atoms with Crippen LogP contribution >= 0.6 is 0 Å². The van der Waals surface area contributed by atoms with E-state index in [0.717, 1.165) is 11.1 Å². The van der Waals surface area contributed by atoms with Gasteiger partial charge in [0.25, 0.3) is 0 Å². The normalized spacial score (nSPS) is 11.1. The Morgan fingerprint density at radius 1 is 1.00 bits per heavy atom. The molecule has 3 aromatic carbocycles. The minimum Gasteiger partial charge on any atom is -0.488 e. The molecule has 0 aliphatic rings. The van der Waals surface area contributed by atoms with E-state index in [1.807, 2.05) is 42.5 Å². The SMILES string of the molecule is Cc1ccc(C(=O)NN=Cc2ccccc2OCc2cccc3ccccc23)o1. The van der Waals surface area contributed by atoms with Gasteiger partial charge in [0, 0.05) is 5.56 Å². The third-order valence-corrected chi connectivity index (χ3v) is 4.52. The number of furan rings is 1. The molecular weight excluding hydrogens is 364 g/mol. The van der Waals surface area contributed by atoms with Crippen LogP contribution in [0.25, 0.3) is 10.8 Å². The van der Waals surface area contributed by atoms with Crippen molar-refractivity contribution < 1.29 is 13.9 Å². The van der Waals surface area contributed by atoms with Gasteiger partial charge in [-0.25, -0.2) is 5.43 Å². The molecule has 144 valence electrons. The van der Waals surface area contributed by atoms with Crippen molar-refractivity contribution in [2.24, 2.45) is 5.10 Å². The lowest BCUT2D eigenvalue weighted by atomic mass is 10.1. The van der Waals surface area contributed by atoms with Gasteiger partial charge in [-0.15, -0.1) is 0 Å². The molecule has 29 heavy (non-hydrogen) atoms. The van der Waals surface area contributed by atoms with Crippen LogP contribution in [0.3, 0.4) is 0 Å². The largest absolute Gasteiger partial charge is 0.488 e. The molecule has 0 atom stereocenters. The number of fused-ring (bicyclic) bond motifs is 1. The van der Waals surface area contributed by atoms with Gasteiger partial charge in [0.2, 0.25) is 0 Å². The molecule has 4 rings (SSSR count). The fourth-order valence-corrected chi connectivity index (χ4v) is 3.06. The van der Waals surface area contributed by atoms with Gasteiger partial charge >= 0.3 is 5.91 Å². The maximum absolute atomic E-state index is 12.0. The van der Waals surface area contributed by atoms with Crippen molar-refractivity contribution in [1.29, 1.82) is 0 Å². The Morgan fingerprint density at radius 2 is 1.79 bits per heavy atom. The number of hydrogen-bond donors (Lipinski definition) is 1. The first-order valence-electron chi connectivity index (χ1n) is 9.29. The molecule has 1 N–H and O–H groups in total. The molecule has 0 saturated heterocycles. The first-order valence-corrected chi connectivity index (χ1v) is 9.29. The van der Waals surface area contributed by atoms with E-state index in [0.29, 0.717) is 18.1 Å². The van der Waals surface area contributed by atoms with E-state index in [1.165, 1.54) is 10.8 Å². The van der Waals surface area contributed by atoms with Crippen molar-refractivity contribution in [1.82, 2.24) is 5.43 Å². The fourth-order valence-electron chi connectivity index (χ4n) is 3.06. The van der Waals surface area contributed by atoms with Crippen LogP contribution in [0.5, 0.6) is 5.75 Å². The maximum Gasteiger partial charge on any atom is 0.307 e. The number of carbonyl (C=O) groups excluding carboxylic acids is 1. The first kappa shape index (κ1) is 18.5. The molecular formula is C24H20N2O3. The number of aryl methyl sites for hydroxylation is 1. The average molecular weight is 384 g/mol. The van der Waals surface area contributed by atoms with Crippen molar-refractivity contribution in [2.75, 3.05) is 0 Å². The Balaban J connectivity index is 1.46. The van der Waals surface area contributed by atoms with Gasteiger partial charge in [-0.05, 0) is 47.5 Å². The van der Waals surface area contributed by atoms with E-state index in [1.54, 1.807) is 25.3 Å². The summed E-state index contributed by atoms with van der Waals surface area (Å²) < 4.78 is 11.3.